The molecule has 0 fully saturated rings. The van der Waals surface area contributed by atoms with Gasteiger partial charge in [-0.1, -0.05) is 12.1 Å². The first-order valence-corrected chi connectivity index (χ1v) is 9.04. The molecular weight excluding hydrogens is 350 g/mol. The van der Waals surface area contributed by atoms with Crippen LogP contribution in [0.4, 0.5) is 11.4 Å². The summed E-state index contributed by atoms with van der Waals surface area (Å²) in [5, 5.41) is 5.85. The molecule has 0 saturated carbocycles. The number of nitrogens with two attached hydrogens (primary N) is 1. The Morgan fingerprint density at radius 1 is 1.08 bits per heavy atom. The van der Waals surface area contributed by atoms with Gasteiger partial charge in [-0.3, -0.25) is 14.4 Å². The third kappa shape index (κ3) is 5.63. The van der Waals surface area contributed by atoms with Gasteiger partial charge in [0, 0.05) is 28.8 Å². The van der Waals surface area contributed by atoms with Gasteiger partial charge >= 0.3 is 0 Å². The fraction of sp³-hybridized carbons (Fsp3) is 0.211. The van der Waals surface area contributed by atoms with E-state index in [4.69, 9.17) is 5.73 Å². The maximum absolute atomic E-state index is 12.6. The number of carbonyl (C=O) groups is 3. The first-order valence-electron chi connectivity index (χ1n) is 8.05. The predicted molar refractivity (Wildman–Crippen MR) is 105 cm³/mol. The summed E-state index contributed by atoms with van der Waals surface area (Å²) in [7, 11) is 0. The molecule has 7 heteroatoms. The fourth-order valence-corrected chi connectivity index (χ4v) is 3.09. The third-order valence-electron chi connectivity index (χ3n) is 3.51. The molecular formula is C19H21N3O3S. The van der Waals surface area contributed by atoms with Crippen molar-refractivity contribution in [1.29, 1.82) is 0 Å². The van der Waals surface area contributed by atoms with E-state index < -0.39 is 11.9 Å². The maximum Gasteiger partial charge on any atom is 0.227 e. The van der Waals surface area contributed by atoms with Crippen molar-refractivity contribution in [2.75, 3.05) is 16.4 Å². The zero-order valence-corrected chi connectivity index (χ0v) is 15.4. The Bertz CT molecular complexity index is 806. The molecule has 2 aromatic carbocycles. The van der Waals surface area contributed by atoms with E-state index >= 15 is 0 Å². The smallest absolute Gasteiger partial charge is 0.227 e. The normalized spacial score (nSPS) is 11.5. The average molecular weight is 371 g/mol. The predicted octanol–water partition coefficient (Wildman–Crippen LogP) is 2.91. The highest BCUT2D eigenvalue weighted by Gasteiger charge is 2.16. The highest BCUT2D eigenvalue weighted by Crippen LogP contribution is 2.27. The van der Waals surface area contributed by atoms with E-state index in [9.17, 15) is 14.4 Å². The van der Waals surface area contributed by atoms with E-state index in [0.29, 0.717) is 11.3 Å². The molecule has 0 unspecified atom stereocenters. The molecule has 0 saturated heterocycles. The topological polar surface area (TPSA) is 101 Å². The van der Waals surface area contributed by atoms with E-state index in [1.807, 2.05) is 24.3 Å². The number of nitrogens with one attached hydrogen (secondary N) is 2. The molecule has 0 aliphatic heterocycles. The molecule has 0 radical (unpaired) electrons. The van der Waals surface area contributed by atoms with Gasteiger partial charge in [0.05, 0.1) is 11.8 Å². The van der Waals surface area contributed by atoms with Crippen LogP contribution in [0.5, 0.6) is 0 Å². The van der Waals surface area contributed by atoms with Crippen molar-refractivity contribution in [2.45, 2.75) is 24.8 Å². The summed E-state index contributed by atoms with van der Waals surface area (Å²) in [6.45, 7) is 3.21. The number of para-hydroxylation sites is 1. The van der Waals surface area contributed by atoms with Crippen LogP contribution in [-0.4, -0.2) is 29.4 Å². The molecule has 0 bridgehead atoms. The minimum Gasteiger partial charge on any atom is -0.374 e. The second kappa shape index (κ2) is 9.05. The molecule has 136 valence electrons. The first kappa shape index (κ1) is 19.5. The van der Waals surface area contributed by atoms with Gasteiger partial charge in [-0.25, -0.2) is 0 Å². The number of ketones is 1. The van der Waals surface area contributed by atoms with Crippen molar-refractivity contribution in [2.24, 2.45) is 5.73 Å². The van der Waals surface area contributed by atoms with Gasteiger partial charge in [0.1, 0.15) is 0 Å². The highest BCUT2D eigenvalue weighted by atomic mass is 32.2. The Kier molecular flexibility index (Phi) is 6.80. The van der Waals surface area contributed by atoms with Crippen LogP contribution in [0.25, 0.3) is 0 Å². The van der Waals surface area contributed by atoms with Crippen LogP contribution in [-0.2, 0) is 9.59 Å². The van der Waals surface area contributed by atoms with E-state index in [-0.39, 0.29) is 17.4 Å². The zero-order chi connectivity index (χ0) is 19.1. The molecule has 2 rings (SSSR count). The number of hydrogen-bond donors (Lipinski definition) is 3. The molecule has 0 heterocycles. The summed E-state index contributed by atoms with van der Waals surface area (Å²) >= 11 is 1.32. The lowest BCUT2D eigenvalue weighted by molar-refractivity contribution is -0.116. The summed E-state index contributed by atoms with van der Waals surface area (Å²) in [6, 6.07) is 13.7. The van der Waals surface area contributed by atoms with E-state index in [1.165, 1.54) is 18.7 Å². The lowest BCUT2D eigenvalue weighted by Gasteiger charge is -2.17. The van der Waals surface area contributed by atoms with Gasteiger partial charge in [-0.05, 0) is 43.3 Å². The molecule has 0 spiro atoms. The summed E-state index contributed by atoms with van der Waals surface area (Å²) in [5.74, 6) is -0.461. The Morgan fingerprint density at radius 3 is 2.35 bits per heavy atom. The molecule has 1 atom stereocenters. The van der Waals surface area contributed by atoms with E-state index in [2.05, 4.69) is 10.6 Å². The van der Waals surface area contributed by atoms with Crippen LogP contribution in [0, 0.1) is 0 Å². The number of thioether (sulfide) groups is 1. The minimum absolute atomic E-state index is 0.0749. The van der Waals surface area contributed by atoms with E-state index in [0.717, 1.165) is 10.6 Å². The molecule has 2 amide bonds. The quantitative estimate of drug-likeness (QED) is 0.489. The third-order valence-corrected chi connectivity index (χ3v) is 4.61. The van der Waals surface area contributed by atoms with Crippen LogP contribution in [0.1, 0.15) is 24.2 Å². The molecule has 6 nitrogen and oxygen atoms in total. The number of Topliss-reactive ketones (excluding diaryl/α,β-unsaturated/α-hetero) is 1. The Morgan fingerprint density at radius 2 is 1.73 bits per heavy atom. The van der Waals surface area contributed by atoms with Gasteiger partial charge in [0.15, 0.2) is 5.78 Å². The number of amides is 2. The first-order chi connectivity index (χ1) is 12.4. The molecule has 0 aromatic heterocycles. The van der Waals surface area contributed by atoms with Gasteiger partial charge in [-0.2, -0.15) is 0 Å². The molecule has 4 N–H and O–H groups in total. The Hall–Kier alpha value is -2.80. The van der Waals surface area contributed by atoms with Crippen LogP contribution in [0.2, 0.25) is 0 Å². The largest absolute Gasteiger partial charge is 0.374 e. The van der Waals surface area contributed by atoms with Crippen molar-refractivity contribution in [3.63, 3.8) is 0 Å². The fourth-order valence-electron chi connectivity index (χ4n) is 2.33. The zero-order valence-electron chi connectivity index (χ0n) is 14.6. The highest BCUT2D eigenvalue weighted by molar-refractivity contribution is 8.00. The average Bonchev–Trinajstić information content (AvgIpc) is 2.60. The van der Waals surface area contributed by atoms with Gasteiger partial charge in [0.2, 0.25) is 11.8 Å². The van der Waals surface area contributed by atoms with Crippen LogP contribution < -0.4 is 16.4 Å². The van der Waals surface area contributed by atoms with Crippen molar-refractivity contribution in [3.8, 4) is 0 Å². The van der Waals surface area contributed by atoms with Gasteiger partial charge in [0.25, 0.3) is 0 Å². The van der Waals surface area contributed by atoms with Crippen LogP contribution >= 0.6 is 11.8 Å². The summed E-state index contributed by atoms with van der Waals surface area (Å²) in [5.41, 5.74) is 7.15. The van der Waals surface area contributed by atoms with Crippen molar-refractivity contribution < 1.29 is 14.4 Å². The second-order valence-electron chi connectivity index (χ2n) is 5.74. The SMILES string of the molecule is CC(=O)Nc1ccc(C(=O)[C@H](C)Nc2ccccc2SCC(N)=O)cc1. The monoisotopic (exact) mass is 371 g/mol. The van der Waals surface area contributed by atoms with Gasteiger partial charge < -0.3 is 16.4 Å². The lowest BCUT2D eigenvalue weighted by atomic mass is 10.0. The van der Waals surface area contributed by atoms with Crippen molar-refractivity contribution in [3.05, 3.63) is 54.1 Å². The van der Waals surface area contributed by atoms with E-state index in [1.54, 1.807) is 31.2 Å². The minimum atomic E-state index is -0.461. The molecule has 0 aliphatic carbocycles. The molecule has 0 aliphatic rings. The summed E-state index contributed by atoms with van der Waals surface area (Å²) in [6.07, 6.45) is 0. The number of rotatable bonds is 8. The summed E-state index contributed by atoms with van der Waals surface area (Å²) < 4.78 is 0. The second-order valence-corrected chi connectivity index (χ2v) is 6.76. The number of carbonyl (C=O) groups excluding carboxylic acids is 3. The number of hydrogen-bond acceptors (Lipinski definition) is 5. The van der Waals surface area contributed by atoms with Crippen LogP contribution in [0.15, 0.2) is 53.4 Å². The van der Waals surface area contributed by atoms with Crippen LogP contribution in [0.3, 0.4) is 0 Å². The lowest BCUT2D eigenvalue weighted by Crippen LogP contribution is -2.26. The Labute approximate surface area is 156 Å². The van der Waals surface area contributed by atoms with Crippen molar-refractivity contribution in [1.82, 2.24) is 0 Å². The number of anilines is 2. The standard InChI is InChI=1S/C19H21N3O3S/c1-12(19(25)14-7-9-15(10-8-14)22-13(2)23)21-16-5-3-4-6-17(16)26-11-18(20)24/h3-10,12,21H,11H2,1-2H3,(H2,20,24)(H,22,23)/t12-/m0/s1. The van der Waals surface area contributed by atoms with Crippen molar-refractivity contribution >= 4 is 40.7 Å². The number of primary amides is 1. The maximum atomic E-state index is 12.6. The molecule has 26 heavy (non-hydrogen) atoms. The molecule has 2 aromatic rings. The summed E-state index contributed by atoms with van der Waals surface area (Å²) in [4.78, 5) is 35.5. The Balaban J connectivity index is 2.07. The number of benzene rings is 2. The van der Waals surface area contributed by atoms with Gasteiger partial charge in [-0.15, -0.1) is 11.8 Å².